The SMILES string of the molecule is Cc1nn(C)c2nc(N(CC(=O)O)NC(=O)Nc3cc(Cl)nc(Cl)c3)cc(C(C)C)c12. The average molecular weight is 466 g/mol. The van der Waals surface area contributed by atoms with E-state index in [1.54, 1.807) is 17.8 Å². The number of hydrogen-bond donors (Lipinski definition) is 3. The first-order chi connectivity index (χ1) is 14.5. The summed E-state index contributed by atoms with van der Waals surface area (Å²) in [7, 11) is 1.76. The number of rotatable bonds is 6. The number of aliphatic carboxylic acids is 1. The maximum Gasteiger partial charge on any atom is 0.338 e. The Morgan fingerprint density at radius 3 is 2.42 bits per heavy atom. The van der Waals surface area contributed by atoms with Gasteiger partial charge in [-0.1, -0.05) is 37.0 Å². The molecule has 0 spiro atoms. The molecule has 164 valence electrons. The van der Waals surface area contributed by atoms with Crippen LogP contribution in [-0.4, -0.2) is 43.4 Å². The predicted octanol–water partition coefficient (Wildman–Crippen LogP) is 3.73. The number of aryl methyl sites for hydroxylation is 2. The van der Waals surface area contributed by atoms with Gasteiger partial charge in [0.25, 0.3) is 0 Å². The Balaban J connectivity index is 1.97. The Bertz CT molecular complexity index is 1140. The van der Waals surface area contributed by atoms with Crippen LogP contribution in [0.1, 0.15) is 31.0 Å². The number of pyridine rings is 2. The van der Waals surface area contributed by atoms with Crippen LogP contribution < -0.4 is 15.8 Å². The van der Waals surface area contributed by atoms with Crippen molar-refractivity contribution in [3.05, 3.63) is 39.8 Å². The molecule has 0 bridgehead atoms. The van der Waals surface area contributed by atoms with Crippen molar-refractivity contribution in [1.82, 2.24) is 25.2 Å². The lowest BCUT2D eigenvalue weighted by Gasteiger charge is -2.24. The van der Waals surface area contributed by atoms with E-state index in [1.807, 2.05) is 20.8 Å². The summed E-state index contributed by atoms with van der Waals surface area (Å²) in [6.45, 7) is 5.41. The second kappa shape index (κ2) is 8.94. The molecule has 3 rings (SSSR count). The molecular weight excluding hydrogens is 445 g/mol. The molecule has 0 radical (unpaired) electrons. The number of aromatic nitrogens is 4. The number of carbonyl (C=O) groups is 2. The maximum absolute atomic E-state index is 12.5. The molecule has 0 saturated heterocycles. The van der Waals surface area contributed by atoms with Crippen LogP contribution in [0.25, 0.3) is 11.0 Å². The molecule has 0 aliphatic heterocycles. The number of fused-ring (bicyclic) bond motifs is 1. The van der Waals surface area contributed by atoms with E-state index in [0.717, 1.165) is 21.7 Å². The van der Waals surface area contributed by atoms with E-state index in [-0.39, 0.29) is 22.0 Å². The fourth-order valence-electron chi connectivity index (χ4n) is 3.19. The summed E-state index contributed by atoms with van der Waals surface area (Å²) in [5.74, 6) is -0.763. The number of carboxylic acids is 1. The van der Waals surface area contributed by atoms with Crippen molar-refractivity contribution in [2.75, 3.05) is 16.9 Å². The largest absolute Gasteiger partial charge is 0.480 e. The minimum Gasteiger partial charge on any atom is -0.480 e. The van der Waals surface area contributed by atoms with Crippen molar-refractivity contribution in [2.24, 2.45) is 7.05 Å². The molecule has 0 atom stereocenters. The first-order valence-corrected chi connectivity index (χ1v) is 10.0. The van der Waals surface area contributed by atoms with E-state index in [0.29, 0.717) is 11.3 Å². The number of hydrogen-bond acceptors (Lipinski definition) is 6. The highest BCUT2D eigenvalue weighted by molar-refractivity contribution is 6.33. The monoisotopic (exact) mass is 465 g/mol. The zero-order valence-corrected chi connectivity index (χ0v) is 18.8. The zero-order chi connectivity index (χ0) is 22.9. The number of halogens is 2. The molecule has 31 heavy (non-hydrogen) atoms. The molecule has 2 amide bonds. The van der Waals surface area contributed by atoms with Gasteiger partial charge in [0.1, 0.15) is 16.9 Å². The second-order valence-electron chi connectivity index (χ2n) is 7.18. The molecule has 3 heterocycles. The van der Waals surface area contributed by atoms with Crippen LogP contribution in [0.3, 0.4) is 0 Å². The predicted molar refractivity (Wildman–Crippen MR) is 119 cm³/mol. The quantitative estimate of drug-likeness (QED) is 0.373. The van der Waals surface area contributed by atoms with Gasteiger partial charge in [-0.05, 0) is 36.6 Å². The third kappa shape index (κ3) is 5.15. The Hall–Kier alpha value is -3.11. The van der Waals surface area contributed by atoms with Gasteiger partial charge >= 0.3 is 12.0 Å². The van der Waals surface area contributed by atoms with Crippen LogP contribution in [0, 0.1) is 6.92 Å². The van der Waals surface area contributed by atoms with Gasteiger partial charge in [-0.2, -0.15) is 5.10 Å². The van der Waals surface area contributed by atoms with Gasteiger partial charge in [0.2, 0.25) is 0 Å². The second-order valence-corrected chi connectivity index (χ2v) is 7.95. The summed E-state index contributed by atoms with van der Waals surface area (Å²) in [5.41, 5.74) is 5.16. The molecule has 0 fully saturated rings. The van der Waals surface area contributed by atoms with Crippen molar-refractivity contribution in [3.63, 3.8) is 0 Å². The minimum absolute atomic E-state index is 0.102. The summed E-state index contributed by atoms with van der Waals surface area (Å²) >= 11 is 11.7. The van der Waals surface area contributed by atoms with Crippen LogP contribution in [0.15, 0.2) is 18.2 Å². The lowest BCUT2D eigenvalue weighted by Crippen LogP contribution is -2.47. The van der Waals surface area contributed by atoms with E-state index >= 15 is 0 Å². The molecule has 0 aliphatic rings. The zero-order valence-electron chi connectivity index (χ0n) is 17.3. The van der Waals surface area contributed by atoms with E-state index in [4.69, 9.17) is 23.2 Å². The van der Waals surface area contributed by atoms with Gasteiger partial charge in [-0.15, -0.1) is 0 Å². The number of urea groups is 1. The Morgan fingerprint density at radius 1 is 1.19 bits per heavy atom. The highest BCUT2D eigenvalue weighted by Crippen LogP contribution is 2.30. The Kier molecular flexibility index (Phi) is 6.51. The molecule has 0 aromatic carbocycles. The maximum atomic E-state index is 12.5. The topological polar surface area (TPSA) is 125 Å². The number of amides is 2. The van der Waals surface area contributed by atoms with Crippen molar-refractivity contribution < 1.29 is 14.7 Å². The highest BCUT2D eigenvalue weighted by Gasteiger charge is 2.21. The van der Waals surface area contributed by atoms with Crippen molar-refractivity contribution in [2.45, 2.75) is 26.7 Å². The first-order valence-electron chi connectivity index (χ1n) is 9.29. The summed E-state index contributed by atoms with van der Waals surface area (Å²) < 4.78 is 1.63. The summed E-state index contributed by atoms with van der Waals surface area (Å²) in [6.07, 6.45) is 0. The molecule has 0 saturated carbocycles. The molecule has 3 N–H and O–H groups in total. The lowest BCUT2D eigenvalue weighted by molar-refractivity contribution is -0.135. The van der Waals surface area contributed by atoms with Gasteiger partial charge < -0.3 is 10.4 Å². The molecule has 3 aromatic rings. The van der Waals surface area contributed by atoms with Crippen LogP contribution in [0.5, 0.6) is 0 Å². The molecule has 10 nitrogen and oxygen atoms in total. The molecule has 0 aliphatic carbocycles. The number of nitrogens with zero attached hydrogens (tertiary/aromatic N) is 5. The van der Waals surface area contributed by atoms with E-state index < -0.39 is 18.5 Å². The standard InChI is InChI=1S/C19H21Cl2N7O3/c1-9(2)12-7-15(24-18-17(12)10(3)25-27(18)4)28(8-16(29)30)26-19(31)22-11-5-13(20)23-14(21)6-11/h5-7,9H,8H2,1-4H3,(H,29,30)(H2,22,23,26,31). The van der Waals surface area contributed by atoms with E-state index in [9.17, 15) is 14.7 Å². The van der Waals surface area contributed by atoms with Gasteiger partial charge in [-0.3, -0.25) is 14.5 Å². The van der Waals surface area contributed by atoms with Gasteiger partial charge in [0.15, 0.2) is 11.5 Å². The number of carbonyl (C=O) groups excluding carboxylic acids is 1. The third-order valence-corrected chi connectivity index (χ3v) is 4.82. The number of nitrogens with one attached hydrogen (secondary N) is 2. The molecule has 0 unspecified atom stereocenters. The van der Waals surface area contributed by atoms with Crippen molar-refractivity contribution in [1.29, 1.82) is 0 Å². The van der Waals surface area contributed by atoms with Crippen LogP contribution in [-0.2, 0) is 11.8 Å². The van der Waals surface area contributed by atoms with E-state index in [2.05, 4.69) is 25.8 Å². The summed E-state index contributed by atoms with van der Waals surface area (Å²) in [6, 6.07) is 3.88. The van der Waals surface area contributed by atoms with Crippen LogP contribution >= 0.6 is 23.2 Å². The normalized spacial score (nSPS) is 11.1. The fourth-order valence-corrected chi connectivity index (χ4v) is 3.65. The minimum atomic E-state index is -1.15. The third-order valence-electron chi connectivity index (χ3n) is 4.43. The first kappa shape index (κ1) is 22.6. The number of anilines is 2. The van der Waals surface area contributed by atoms with Crippen LogP contribution in [0.4, 0.5) is 16.3 Å². The fraction of sp³-hybridized carbons (Fsp3) is 0.316. The van der Waals surface area contributed by atoms with Crippen LogP contribution in [0.2, 0.25) is 10.3 Å². The summed E-state index contributed by atoms with van der Waals surface area (Å²) in [5, 5.41) is 18.6. The molecule has 3 aromatic heterocycles. The average Bonchev–Trinajstić information content (AvgIpc) is 2.93. The number of hydrazine groups is 1. The Morgan fingerprint density at radius 2 is 1.84 bits per heavy atom. The smallest absolute Gasteiger partial charge is 0.338 e. The van der Waals surface area contributed by atoms with Gasteiger partial charge in [0, 0.05) is 18.1 Å². The molecular formula is C19H21Cl2N7O3. The Labute approximate surface area is 188 Å². The van der Waals surface area contributed by atoms with Crippen molar-refractivity contribution in [3.8, 4) is 0 Å². The van der Waals surface area contributed by atoms with Crippen molar-refractivity contribution >= 4 is 57.7 Å². The van der Waals surface area contributed by atoms with E-state index in [1.165, 1.54) is 12.1 Å². The summed E-state index contributed by atoms with van der Waals surface area (Å²) in [4.78, 5) is 32.4. The lowest BCUT2D eigenvalue weighted by atomic mass is 10.00. The van der Waals surface area contributed by atoms with Gasteiger partial charge in [0.05, 0.1) is 5.69 Å². The molecule has 12 heteroatoms. The van der Waals surface area contributed by atoms with Gasteiger partial charge in [-0.25, -0.2) is 20.2 Å². The number of carboxylic acid groups (broad SMARTS) is 1. The highest BCUT2D eigenvalue weighted by atomic mass is 35.5.